The quantitative estimate of drug-likeness (QED) is 0.167. The summed E-state index contributed by atoms with van der Waals surface area (Å²) in [6, 6.07) is 47.9. The summed E-state index contributed by atoms with van der Waals surface area (Å²) in [5.74, 6) is 1.32. The number of ether oxygens (including phenoxy) is 1. The lowest BCUT2D eigenvalue weighted by Gasteiger charge is -2.44. The number of aromatic nitrogens is 2. The van der Waals surface area contributed by atoms with Gasteiger partial charge in [0.15, 0.2) is 0 Å². The van der Waals surface area contributed by atoms with Gasteiger partial charge in [-0.1, -0.05) is 65.7 Å². The third-order valence-electron chi connectivity index (χ3n) is 10.5. The molecular formula is C46H35BN4OS. The minimum Gasteiger partial charge on any atom is -0.439 e. The Morgan fingerprint density at radius 2 is 1.21 bits per heavy atom. The maximum absolute atomic E-state index is 6.44. The molecule has 0 aliphatic carbocycles. The molecule has 53 heavy (non-hydrogen) atoms. The van der Waals surface area contributed by atoms with E-state index in [1.165, 1.54) is 66.1 Å². The average Bonchev–Trinajstić information content (AvgIpc) is 3.61. The molecule has 0 amide bonds. The third kappa shape index (κ3) is 5.14. The van der Waals surface area contributed by atoms with Gasteiger partial charge in [-0.15, -0.1) is 11.3 Å². The minimum atomic E-state index is -0.0724. The summed E-state index contributed by atoms with van der Waals surface area (Å²) < 4.78 is 7.63. The molecule has 0 unspecified atom stereocenters. The summed E-state index contributed by atoms with van der Waals surface area (Å²) in [5.41, 5.74) is 17.8. The van der Waals surface area contributed by atoms with Gasteiger partial charge in [0.05, 0.1) is 10.2 Å². The van der Waals surface area contributed by atoms with Crippen LogP contribution in [0.25, 0.3) is 20.8 Å². The minimum absolute atomic E-state index is 0.0724. The SMILES string of the molecule is Cc1ccc(N2c3ccc(Oc4ccccn4)cc3B3c4cc(-c5nc6ccccc6s5)ccc4N(c4ccc(C)cc4C)c4cccc2c43)c(C)c1. The van der Waals surface area contributed by atoms with Gasteiger partial charge in [0.2, 0.25) is 5.88 Å². The average molecular weight is 703 g/mol. The Bertz CT molecular complexity index is 2700. The molecule has 0 atom stereocenters. The number of benzene rings is 6. The molecule has 0 N–H and O–H groups in total. The van der Waals surface area contributed by atoms with Crippen molar-refractivity contribution in [1.82, 2.24) is 9.97 Å². The largest absolute Gasteiger partial charge is 0.439 e. The van der Waals surface area contributed by atoms with Gasteiger partial charge in [0.25, 0.3) is 6.71 Å². The zero-order valence-electron chi connectivity index (χ0n) is 30.0. The number of aryl methyl sites for hydroxylation is 4. The first-order valence-electron chi connectivity index (χ1n) is 18.0. The van der Waals surface area contributed by atoms with Crippen molar-refractivity contribution < 1.29 is 4.74 Å². The second kappa shape index (κ2) is 12.2. The smallest absolute Gasteiger partial charge is 0.252 e. The van der Waals surface area contributed by atoms with Crippen molar-refractivity contribution in [3.63, 3.8) is 0 Å². The monoisotopic (exact) mass is 702 g/mol. The lowest BCUT2D eigenvalue weighted by atomic mass is 9.33. The Balaban J connectivity index is 1.27. The molecule has 10 rings (SSSR count). The van der Waals surface area contributed by atoms with Gasteiger partial charge < -0.3 is 14.5 Å². The van der Waals surface area contributed by atoms with Crippen LogP contribution in [0.3, 0.4) is 0 Å². The number of fused-ring (bicyclic) bond motifs is 5. The molecule has 5 nitrogen and oxygen atoms in total. The van der Waals surface area contributed by atoms with Crippen molar-refractivity contribution in [3.8, 4) is 22.2 Å². The van der Waals surface area contributed by atoms with E-state index in [0.29, 0.717) is 5.88 Å². The summed E-state index contributed by atoms with van der Waals surface area (Å²) >= 11 is 1.74. The summed E-state index contributed by atoms with van der Waals surface area (Å²) in [5, 5.41) is 1.02. The van der Waals surface area contributed by atoms with E-state index in [1.54, 1.807) is 17.5 Å². The summed E-state index contributed by atoms with van der Waals surface area (Å²) in [6.07, 6.45) is 1.76. The van der Waals surface area contributed by atoms with E-state index in [-0.39, 0.29) is 6.71 Å². The van der Waals surface area contributed by atoms with Gasteiger partial charge in [-0.05, 0) is 128 Å². The number of anilines is 6. The van der Waals surface area contributed by atoms with Gasteiger partial charge in [0, 0.05) is 52.0 Å². The molecular weight excluding hydrogens is 667 g/mol. The fraction of sp³-hybridized carbons (Fsp3) is 0.0870. The van der Waals surface area contributed by atoms with Crippen LogP contribution in [0.5, 0.6) is 11.6 Å². The zero-order chi connectivity index (χ0) is 35.8. The van der Waals surface area contributed by atoms with Crippen LogP contribution in [-0.2, 0) is 0 Å². The molecule has 0 fully saturated rings. The standard InChI is InChI=1S/C46H35BN4OS/c1-28-15-19-37(30(3)24-28)50-39-21-17-32(46-49-36-10-5-6-13-43(36)53-46)26-34(39)47-35-27-33(52-44-14-7-8-23-48-44)18-22-40(35)51(38-20-16-29(2)25-31(38)4)42-12-9-11-41(50)45(42)47/h5-27H,1-4H3. The molecule has 8 aromatic rings. The molecule has 254 valence electrons. The van der Waals surface area contributed by atoms with Gasteiger partial charge >= 0.3 is 0 Å². The van der Waals surface area contributed by atoms with Crippen molar-refractivity contribution in [2.75, 3.05) is 9.80 Å². The second-order valence-corrected chi connectivity index (χ2v) is 15.2. The highest BCUT2D eigenvalue weighted by Gasteiger charge is 2.44. The van der Waals surface area contributed by atoms with Crippen LogP contribution in [0.2, 0.25) is 0 Å². The fourth-order valence-electron chi connectivity index (χ4n) is 8.27. The maximum Gasteiger partial charge on any atom is 0.252 e. The topological polar surface area (TPSA) is 41.5 Å². The van der Waals surface area contributed by atoms with Crippen LogP contribution < -0.4 is 30.9 Å². The van der Waals surface area contributed by atoms with Crippen LogP contribution >= 0.6 is 11.3 Å². The number of hydrogen-bond donors (Lipinski definition) is 0. The van der Waals surface area contributed by atoms with E-state index in [2.05, 4.69) is 158 Å². The van der Waals surface area contributed by atoms with E-state index >= 15 is 0 Å². The molecule has 2 aliphatic heterocycles. The second-order valence-electron chi connectivity index (χ2n) is 14.1. The molecule has 2 aromatic heterocycles. The molecule has 0 saturated carbocycles. The van der Waals surface area contributed by atoms with Crippen LogP contribution in [0.1, 0.15) is 22.3 Å². The highest BCUT2D eigenvalue weighted by molar-refractivity contribution is 7.21. The van der Waals surface area contributed by atoms with Crippen LogP contribution in [0.15, 0.2) is 140 Å². The Morgan fingerprint density at radius 1 is 0.566 bits per heavy atom. The van der Waals surface area contributed by atoms with E-state index in [1.807, 2.05) is 18.2 Å². The van der Waals surface area contributed by atoms with Crippen molar-refractivity contribution in [3.05, 3.63) is 162 Å². The fourth-order valence-corrected chi connectivity index (χ4v) is 9.24. The van der Waals surface area contributed by atoms with E-state index < -0.39 is 0 Å². The lowest BCUT2D eigenvalue weighted by Crippen LogP contribution is -2.61. The highest BCUT2D eigenvalue weighted by Crippen LogP contribution is 2.46. The third-order valence-corrected chi connectivity index (χ3v) is 11.6. The highest BCUT2D eigenvalue weighted by atomic mass is 32.1. The number of pyridine rings is 1. The summed E-state index contributed by atoms with van der Waals surface area (Å²) in [4.78, 5) is 14.5. The molecule has 6 aromatic carbocycles. The van der Waals surface area contributed by atoms with Crippen molar-refractivity contribution in [1.29, 1.82) is 0 Å². The predicted octanol–water partition coefficient (Wildman–Crippen LogP) is 10.5. The molecule has 7 heteroatoms. The Hall–Kier alpha value is -6.18. The van der Waals surface area contributed by atoms with Crippen molar-refractivity contribution in [2.45, 2.75) is 27.7 Å². The Morgan fingerprint density at radius 3 is 1.87 bits per heavy atom. The van der Waals surface area contributed by atoms with Crippen LogP contribution in [0, 0.1) is 27.7 Å². The molecule has 0 saturated heterocycles. The first-order chi connectivity index (χ1) is 25.9. The van der Waals surface area contributed by atoms with Crippen LogP contribution in [-0.4, -0.2) is 16.7 Å². The Labute approximate surface area is 313 Å². The van der Waals surface area contributed by atoms with Gasteiger partial charge in [-0.2, -0.15) is 0 Å². The van der Waals surface area contributed by atoms with Crippen LogP contribution in [0.4, 0.5) is 34.1 Å². The number of nitrogens with zero attached hydrogens (tertiary/aromatic N) is 4. The molecule has 4 heterocycles. The maximum atomic E-state index is 6.44. The van der Waals surface area contributed by atoms with E-state index in [0.717, 1.165) is 33.2 Å². The number of para-hydroxylation sites is 1. The molecule has 0 radical (unpaired) electrons. The zero-order valence-corrected chi connectivity index (χ0v) is 30.8. The first kappa shape index (κ1) is 31.6. The molecule has 0 spiro atoms. The molecule has 0 bridgehead atoms. The number of rotatable bonds is 5. The van der Waals surface area contributed by atoms with Crippen molar-refractivity contribution in [2.24, 2.45) is 0 Å². The number of thiazole rings is 1. The Kier molecular flexibility index (Phi) is 7.27. The van der Waals surface area contributed by atoms with Gasteiger partial charge in [-0.25, -0.2) is 9.97 Å². The summed E-state index contributed by atoms with van der Waals surface area (Å²) in [7, 11) is 0. The van der Waals surface area contributed by atoms with Crippen molar-refractivity contribution >= 4 is 78.8 Å². The summed E-state index contributed by atoms with van der Waals surface area (Å²) in [6.45, 7) is 8.68. The first-order valence-corrected chi connectivity index (χ1v) is 18.8. The van der Waals surface area contributed by atoms with Gasteiger partial charge in [-0.3, -0.25) is 0 Å². The normalized spacial score (nSPS) is 12.8. The van der Waals surface area contributed by atoms with E-state index in [4.69, 9.17) is 9.72 Å². The van der Waals surface area contributed by atoms with E-state index in [9.17, 15) is 0 Å². The number of hydrogen-bond acceptors (Lipinski definition) is 6. The van der Waals surface area contributed by atoms with Gasteiger partial charge in [0.1, 0.15) is 10.8 Å². The lowest BCUT2D eigenvalue weighted by molar-refractivity contribution is 0.463. The molecule has 2 aliphatic rings. The predicted molar refractivity (Wildman–Crippen MR) is 222 cm³/mol.